The van der Waals surface area contributed by atoms with Crippen LogP contribution in [0, 0.1) is 11.6 Å². The van der Waals surface area contributed by atoms with Gasteiger partial charge in [-0.2, -0.15) is 9.89 Å². The van der Waals surface area contributed by atoms with Crippen LogP contribution >= 0.6 is 0 Å². The quantitative estimate of drug-likeness (QED) is 0.413. The highest BCUT2D eigenvalue weighted by atomic mass is 19.1. The first-order valence-corrected chi connectivity index (χ1v) is 11.9. The number of nitrogens with zero attached hydrogens (tertiary/aromatic N) is 6. The number of hydrogen-bond donors (Lipinski definition) is 0. The van der Waals surface area contributed by atoms with Crippen LogP contribution in [0.5, 0.6) is 0 Å². The normalized spacial score (nSPS) is 20.5. The second kappa shape index (κ2) is 8.92. The van der Waals surface area contributed by atoms with Gasteiger partial charge in [0.15, 0.2) is 0 Å². The minimum Gasteiger partial charge on any atom is -0.346 e. The van der Waals surface area contributed by atoms with Gasteiger partial charge in [-0.05, 0) is 49.2 Å². The van der Waals surface area contributed by atoms with Crippen LogP contribution in [-0.4, -0.2) is 45.0 Å². The van der Waals surface area contributed by atoms with E-state index < -0.39 is 23.8 Å². The van der Waals surface area contributed by atoms with Crippen LogP contribution in [-0.2, 0) is 4.79 Å². The van der Waals surface area contributed by atoms with Crippen molar-refractivity contribution in [3.63, 3.8) is 0 Å². The molecule has 7 nitrogen and oxygen atoms in total. The van der Waals surface area contributed by atoms with Crippen LogP contribution in [0.4, 0.5) is 19.0 Å². The number of rotatable bonds is 4. The van der Waals surface area contributed by atoms with Gasteiger partial charge in [-0.15, -0.1) is 0 Å². The molecule has 0 N–H and O–H groups in total. The molecular formula is C26H23F3N6O. The molecular weight excluding hydrogens is 469 g/mol. The number of carbonyl (C=O) groups is 1. The molecule has 2 aliphatic heterocycles. The lowest BCUT2D eigenvalue weighted by molar-refractivity contribution is -0.121. The van der Waals surface area contributed by atoms with Crippen molar-refractivity contribution in [1.29, 1.82) is 0 Å². The number of benzene rings is 1. The second-order valence-electron chi connectivity index (χ2n) is 9.19. The molecule has 1 aromatic carbocycles. The molecule has 1 amide bonds. The third-order valence-corrected chi connectivity index (χ3v) is 6.86. The maximum absolute atomic E-state index is 14.6. The third kappa shape index (κ3) is 3.96. The summed E-state index contributed by atoms with van der Waals surface area (Å²) >= 11 is 0. The fourth-order valence-electron chi connectivity index (χ4n) is 5.10. The van der Waals surface area contributed by atoms with Crippen molar-refractivity contribution in [1.82, 2.24) is 19.9 Å². The zero-order chi connectivity index (χ0) is 24.8. The van der Waals surface area contributed by atoms with E-state index in [9.17, 15) is 18.0 Å². The predicted molar refractivity (Wildman–Crippen MR) is 129 cm³/mol. The lowest BCUT2D eigenvalue weighted by atomic mass is 10.0. The molecule has 36 heavy (non-hydrogen) atoms. The maximum atomic E-state index is 14.6. The Hall–Kier alpha value is -3.95. The van der Waals surface area contributed by atoms with Gasteiger partial charge in [0, 0.05) is 42.3 Å². The van der Waals surface area contributed by atoms with E-state index in [0.29, 0.717) is 29.8 Å². The molecule has 0 radical (unpaired) electrons. The van der Waals surface area contributed by atoms with Crippen molar-refractivity contribution < 1.29 is 18.0 Å². The van der Waals surface area contributed by atoms with E-state index >= 15 is 0 Å². The average Bonchev–Trinajstić information content (AvgIpc) is 3.52. The van der Waals surface area contributed by atoms with Gasteiger partial charge < -0.3 is 4.90 Å². The van der Waals surface area contributed by atoms with E-state index in [0.717, 1.165) is 42.2 Å². The van der Waals surface area contributed by atoms with Gasteiger partial charge in [0.25, 0.3) is 0 Å². The minimum atomic E-state index is -1.20. The monoisotopic (exact) mass is 492 g/mol. The smallest absolute Gasteiger partial charge is 0.242 e. The highest BCUT2D eigenvalue weighted by Gasteiger charge is 2.36. The summed E-state index contributed by atoms with van der Waals surface area (Å²) in [6.45, 7) is 0.626. The molecule has 2 aliphatic rings. The third-order valence-electron chi connectivity index (χ3n) is 6.86. The van der Waals surface area contributed by atoms with Crippen molar-refractivity contribution in [3.8, 4) is 11.1 Å². The van der Waals surface area contributed by atoms with Crippen LogP contribution in [0.15, 0.2) is 55.0 Å². The number of hydrogen-bond acceptors (Lipinski definition) is 5. The summed E-state index contributed by atoms with van der Waals surface area (Å²) in [5, 5.41) is 6.01. The summed E-state index contributed by atoms with van der Waals surface area (Å²) in [5.74, 6) is -0.676. The Labute approximate surface area is 205 Å². The Bertz CT molecular complexity index is 1460. The number of carbonyl (C=O) groups excluding carboxylic acids is 1. The van der Waals surface area contributed by atoms with Crippen LogP contribution in [0.2, 0.25) is 0 Å². The van der Waals surface area contributed by atoms with Gasteiger partial charge in [-0.3, -0.25) is 9.78 Å². The first kappa shape index (κ1) is 22.5. The highest BCUT2D eigenvalue weighted by molar-refractivity contribution is 5.92. The number of halogens is 3. The van der Waals surface area contributed by atoms with Crippen molar-refractivity contribution >= 4 is 22.8 Å². The first-order chi connectivity index (χ1) is 17.5. The summed E-state index contributed by atoms with van der Waals surface area (Å²) in [7, 11) is 0. The fourth-order valence-corrected chi connectivity index (χ4v) is 5.10. The van der Waals surface area contributed by atoms with E-state index in [1.165, 1.54) is 0 Å². The summed E-state index contributed by atoms with van der Waals surface area (Å²) in [6, 6.07) is 7.86. The van der Waals surface area contributed by atoms with Crippen molar-refractivity contribution in [2.75, 3.05) is 23.0 Å². The fraction of sp³-hybridized carbons (Fsp3) is 0.308. The molecule has 184 valence electrons. The van der Waals surface area contributed by atoms with Gasteiger partial charge in [0.05, 0.1) is 36.0 Å². The molecule has 2 fully saturated rings. The minimum absolute atomic E-state index is 0.0176. The van der Waals surface area contributed by atoms with Crippen LogP contribution in [0.25, 0.3) is 22.2 Å². The molecule has 3 aromatic heterocycles. The Morgan fingerprint density at radius 2 is 1.94 bits per heavy atom. The molecule has 10 heteroatoms. The molecule has 0 aliphatic carbocycles. The van der Waals surface area contributed by atoms with Crippen LogP contribution in [0.1, 0.15) is 37.3 Å². The highest BCUT2D eigenvalue weighted by Crippen LogP contribution is 2.39. The van der Waals surface area contributed by atoms with Gasteiger partial charge in [0.1, 0.15) is 23.6 Å². The second-order valence-corrected chi connectivity index (χ2v) is 9.19. The molecule has 2 atom stereocenters. The SMILES string of the molecule is O=C1CCCCN1n1cc(-c2ccnc3ccc(N4C[C@@H](F)C[C@@H]4c4cc(F)ccc4F)nc23)cn1. The summed E-state index contributed by atoms with van der Waals surface area (Å²) < 4.78 is 43.0. The Kier molecular flexibility index (Phi) is 5.58. The Morgan fingerprint density at radius 1 is 1.06 bits per heavy atom. The van der Waals surface area contributed by atoms with Crippen LogP contribution < -0.4 is 9.91 Å². The van der Waals surface area contributed by atoms with Gasteiger partial charge in [0.2, 0.25) is 5.91 Å². The van der Waals surface area contributed by atoms with E-state index in [1.807, 2.05) is 6.07 Å². The van der Waals surface area contributed by atoms with Gasteiger partial charge >= 0.3 is 0 Å². The Morgan fingerprint density at radius 3 is 2.81 bits per heavy atom. The number of fused-ring (bicyclic) bond motifs is 1. The standard InChI is InChI=1S/C26H23F3N6O/c27-17-4-5-21(29)20(11-17)23-12-18(28)15-33(23)24-7-6-22-26(32-24)19(8-9-30-22)16-13-31-35(14-16)34-10-2-1-3-25(34)36/h4-9,11,13-14,18,23H,1-3,10,12,15H2/t18-,23+/m0/s1. The number of anilines is 1. The lowest BCUT2D eigenvalue weighted by Crippen LogP contribution is -2.43. The zero-order valence-electron chi connectivity index (χ0n) is 19.3. The van der Waals surface area contributed by atoms with Gasteiger partial charge in [-0.25, -0.2) is 23.2 Å². The molecule has 0 spiro atoms. The molecule has 0 unspecified atom stereocenters. The summed E-state index contributed by atoms with van der Waals surface area (Å²) in [5.41, 5.74) is 2.81. The van der Waals surface area contributed by atoms with Gasteiger partial charge in [-0.1, -0.05) is 0 Å². The molecule has 4 aromatic rings. The average molecular weight is 493 g/mol. The first-order valence-electron chi connectivity index (χ1n) is 11.9. The number of pyridine rings is 2. The summed E-state index contributed by atoms with van der Waals surface area (Å²) in [6.07, 6.45) is 6.25. The largest absolute Gasteiger partial charge is 0.346 e. The Balaban J connectivity index is 1.39. The molecule has 5 heterocycles. The number of piperidine rings is 1. The molecule has 6 rings (SSSR count). The number of amides is 1. The van der Waals surface area contributed by atoms with E-state index in [2.05, 4.69) is 10.1 Å². The van der Waals surface area contributed by atoms with E-state index in [4.69, 9.17) is 4.98 Å². The maximum Gasteiger partial charge on any atom is 0.242 e. The summed E-state index contributed by atoms with van der Waals surface area (Å²) in [4.78, 5) is 24.8. The predicted octanol–water partition coefficient (Wildman–Crippen LogP) is 4.71. The van der Waals surface area contributed by atoms with Crippen molar-refractivity contribution in [3.05, 3.63) is 72.2 Å². The lowest BCUT2D eigenvalue weighted by Gasteiger charge is -2.26. The van der Waals surface area contributed by atoms with Crippen LogP contribution in [0.3, 0.4) is 0 Å². The van der Waals surface area contributed by atoms with Crippen molar-refractivity contribution in [2.24, 2.45) is 0 Å². The molecule has 0 saturated carbocycles. The number of aromatic nitrogens is 4. The topological polar surface area (TPSA) is 67.2 Å². The molecule has 2 saturated heterocycles. The zero-order valence-corrected chi connectivity index (χ0v) is 19.3. The van der Waals surface area contributed by atoms with E-state index in [1.54, 1.807) is 45.4 Å². The van der Waals surface area contributed by atoms with E-state index in [-0.39, 0.29) is 24.4 Å². The molecule has 0 bridgehead atoms. The van der Waals surface area contributed by atoms with Crippen molar-refractivity contribution in [2.45, 2.75) is 37.9 Å². The number of alkyl halides is 1.